The van der Waals surface area contributed by atoms with Gasteiger partial charge in [-0.25, -0.2) is 4.98 Å². The molecular weight excluding hydrogens is 357 g/mol. The number of thioether (sulfide) groups is 1. The van der Waals surface area contributed by atoms with Crippen molar-refractivity contribution >= 4 is 29.1 Å². The van der Waals surface area contributed by atoms with Gasteiger partial charge in [-0.05, 0) is 5.92 Å². The number of halogens is 3. The molecule has 9 heteroatoms. The van der Waals surface area contributed by atoms with E-state index in [0.29, 0.717) is 29.1 Å². The summed E-state index contributed by atoms with van der Waals surface area (Å²) < 4.78 is 37.7. The molecule has 1 saturated heterocycles. The van der Waals surface area contributed by atoms with Crippen molar-refractivity contribution in [1.82, 2.24) is 15.2 Å². The van der Waals surface area contributed by atoms with Crippen molar-refractivity contribution in [2.24, 2.45) is 10.9 Å². The van der Waals surface area contributed by atoms with Crippen LogP contribution in [0.2, 0.25) is 0 Å². The normalized spacial score (nSPS) is 19.9. The van der Waals surface area contributed by atoms with E-state index >= 15 is 0 Å². The van der Waals surface area contributed by atoms with E-state index in [1.165, 1.54) is 0 Å². The molecule has 0 amide bonds. The summed E-state index contributed by atoms with van der Waals surface area (Å²) in [6.45, 7) is 6.84. The molecule has 1 N–H and O–H groups in total. The van der Waals surface area contributed by atoms with Crippen molar-refractivity contribution in [3.8, 4) is 0 Å². The molecule has 1 atom stereocenters. The number of hydrogen-bond donors (Lipinski definition) is 1. The van der Waals surface area contributed by atoms with E-state index in [2.05, 4.69) is 34.0 Å². The van der Waals surface area contributed by atoms with Crippen molar-refractivity contribution < 1.29 is 13.2 Å². The maximum absolute atomic E-state index is 12.6. The summed E-state index contributed by atoms with van der Waals surface area (Å²) in [6.07, 6.45) is -3.91. The molecule has 2 rings (SSSR count). The Morgan fingerprint density at radius 1 is 1.50 bits per heavy atom. The van der Waals surface area contributed by atoms with E-state index in [9.17, 15) is 13.2 Å². The molecule has 2 heterocycles. The monoisotopic (exact) mass is 380 g/mol. The zero-order chi connectivity index (χ0) is 17.7. The molecule has 136 valence electrons. The Labute approximate surface area is 148 Å². The molecule has 0 saturated carbocycles. The van der Waals surface area contributed by atoms with E-state index in [0.717, 1.165) is 41.5 Å². The fourth-order valence-corrected chi connectivity index (χ4v) is 4.54. The van der Waals surface area contributed by atoms with Gasteiger partial charge in [0, 0.05) is 49.5 Å². The molecule has 1 fully saturated rings. The summed E-state index contributed by atoms with van der Waals surface area (Å²) in [5.74, 6) is 2.48. The van der Waals surface area contributed by atoms with Gasteiger partial charge in [-0.15, -0.1) is 11.3 Å². The molecule has 1 unspecified atom stereocenters. The van der Waals surface area contributed by atoms with E-state index in [1.807, 2.05) is 11.8 Å². The Hall–Kier alpha value is -0.960. The maximum atomic E-state index is 12.6. The number of hydrogen-bond acceptors (Lipinski definition) is 4. The minimum atomic E-state index is -4.37. The minimum absolute atomic E-state index is 0.454. The molecule has 1 aromatic heterocycles. The lowest BCUT2D eigenvalue weighted by atomic mass is 10.1. The summed E-state index contributed by atoms with van der Waals surface area (Å²) in [5.41, 5.74) is -0.806. The second kappa shape index (κ2) is 8.42. The molecule has 0 spiro atoms. The van der Waals surface area contributed by atoms with Crippen LogP contribution < -0.4 is 5.32 Å². The zero-order valence-corrected chi connectivity index (χ0v) is 15.7. The van der Waals surface area contributed by atoms with Gasteiger partial charge in [0.15, 0.2) is 11.7 Å². The molecule has 0 radical (unpaired) electrons. The van der Waals surface area contributed by atoms with Crippen LogP contribution in [0.15, 0.2) is 10.4 Å². The Kier molecular flexibility index (Phi) is 6.79. The number of nitrogens with one attached hydrogen (secondary N) is 1. The van der Waals surface area contributed by atoms with Gasteiger partial charge >= 0.3 is 6.18 Å². The number of guanidine groups is 1. The van der Waals surface area contributed by atoms with Gasteiger partial charge in [0.25, 0.3) is 0 Å². The van der Waals surface area contributed by atoms with E-state index < -0.39 is 11.9 Å². The minimum Gasteiger partial charge on any atom is -0.356 e. The molecule has 4 nitrogen and oxygen atoms in total. The summed E-state index contributed by atoms with van der Waals surface area (Å²) in [4.78, 5) is 10.2. The Morgan fingerprint density at radius 2 is 2.25 bits per heavy atom. The van der Waals surface area contributed by atoms with Crippen LogP contribution in [-0.4, -0.2) is 53.5 Å². The predicted molar refractivity (Wildman–Crippen MR) is 94.8 cm³/mol. The lowest BCUT2D eigenvalue weighted by molar-refractivity contribution is -0.140. The lowest BCUT2D eigenvalue weighted by Crippen LogP contribution is -2.49. The van der Waals surface area contributed by atoms with Crippen LogP contribution in [0.5, 0.6) is 0 Å². The first-order valence-corrected chi connectivity index (χ1v) is 9.83. The molecule has 1 aliphatic rings. The number of alkyl halides is 3. The fraction of sp³-hybridized carbons (Fsp3) is 0.733. The topological polar surface area (TPSA) is 40.5 Å². The highest BCUT2D eigenvalue weighted by molar-refractivity contribution is 8.00. The van der Waals surface area contributed by atoms with Crippen LogP contribution in [0, 0.1) is 5.92 Å². The number of aromatic nitrogens is 1. The lowest BCUT2D eigenvalue weighted by Gasteiger charge is -2.36. The van der Waals surface area contributed by atoms with Gasteiger partial charge in [-0.2, -0.15) is 24.9 Å². The summed E-state index contributed by atoms with van der Waals surface area (Å²) in [7, 11) is 1.74. The first kappa shape index (κ1) is 19.4. The van der Waals surface area contributed by atoms with Crippen molar-refractivity contribution in [1.29, 1.82) is 0 Å². The smallest absolute Gasteiger partial charge is 0.356 e. The second-order valence-corrected chi connectivity index (χ2v) is 8.24. The molecule has 24 heavy (non-hydrogen) atoms. The summed E-state index contributed by atoms with van der Waals surface area (Å²) in [5, 5.41) is 5.38. The van der Waals surface area contributed by atoms with Crippen LogP contribution in [0.25, 0.3) is 0 Å². The van der Waals surface area contributed by atoms with Crippen LogP contribution >= 0.6 is 23.1 Å². The van der Waals surface area contributed by atoms with Crippen LogP contribution in [0.3, 0.4) is 0 Å². The third-order valence-electron chi connectivity index (χ3n) is 3.81. The summed E-state index contributed by atoms with van der Waals surface area (Å²) >= 11 is 3.04. The molecule has 0 bridgehead atoms. The zero-order valence-electron chi connectivity index (χ0n) is 14.1. The van der Waals surface area contributed by atoms with Gasteiger partial charge in [0.1, 0.15) is 0 Å². The standard InChI is InChI=1S/C15H23F3N4S2/c1-10(2)11-8-22(6-7-23-11)14(19-3)20-5-4-13-21-12(9-24-13)15(16,17)18/h9-11H,4-8H2,1-3H3,(H,19,20). The molecule has 1 aliphatic heterocycles. The third kappa shape index (κ3) is 5.27. The van der Waals surface area contributed by atoms with Gasteiger partial charge in [-0.1, -0.05) is 13.8 Å². The first-order valence-electron chi connectivity index (χ1n) is 7.90. The SMILES string of the molecule is CN=C(NCCc1nc(C(F)(F)F)cs1)N1CCSC(C(C)C)C1. The Balaban J connectivity index is 1.85. The van der Waals surface area contributed by atoms with Crippen molar-refractivity contribution in [3.63, 3.8) is 0 Å². The number of aliphatic imine (C=N–C) groups is 1. The van der Waals surface area contributed by atoms with Gasteiger partial charge < -0.3 is 10.2 Å². The van der Waals surface area contributed by atoms with Crippen LogP contribution in [-0.2, 0) is 12.6 Å². The highest BCUT2D eigenvalue weighted by Crippen LogP contribution is 2.30. The van der Waals surface area contributed by atoms with Crippen molar-refractivity contribution in [2.45, 2.75) is 31.7 Å². The quantitative estimate of drug-likeness (QED) is 0.642. The average Bonchev–Trinajstić information content (AvgIpc) is 3.01. The Bertz CT molecular complexity index is 557. The number of thiazole rings is 1. The highest BCUT2D eigenvalue weighted by Gasteiger charge is 2.33. The highest BCUT2D eigenvalue weighted by atomic mass is 32.2. The van der Waals surface area contributed by atoms with Crippen LogP contribution in [0.4, 0.5) is 13.2 Å². The number of nitrogens with zero attached hydrogens (tertiary/aromatic N) is 3. The third-order valence-corrected chi connectivity index (χ3v) is 6.26. The molecule has 0 aliphatic carbocycles. The first-order chi connectivity index (χ1) is 11.3. The van der Waals surface area contributed by atoms with Crippen molar-refractivity contribution in [2.75, 3.05) is 32.4 Å². The van der Waals surface area contributed by atoms with E-state index in [4.69, 9.17) is 0 Å². The average molecular weight is 381 g/mol. The molecule has 1 aromatic rings. The van der Waals surface area contributed by atoms with Gasteiger partial charge in [0.05, 0.1) is 5.01 Å². The largest absolute Gasteiger partial charge is 0.434 e. The van der Waals surface area contributed by atoms with Gasteiger partial charge in [0.2, 0.25) is 0 Å². The summed E-state index contributed by atoms with van der Waals surface area (Å²) in [6, 6.07) is 0. The van der Waals surface area contributed by atoms with E-state index in [-0.39, 0.29) is 0 Å². The van der Waals surface area contributed by atoms with Crippen LogP contribution in [0.1, 0.15) is 24.5 Å². The fourth-order valence-electron chi connectivity index (χ4n) is 2.44. The maximum Gasteiger partial charge on any atom is 0.434 e. The molecule has 0 aromatic carbocycles. The van der Waals surface area contributed by atoms with E-state index in [1.54, 1.807) is 7.05 Å². The van der Waals surface area contributed by atoms with Gasteiger partial charge in [-0.3, -0.25) is 4.99 Å². The predicted octanol–water partition coefficient (Wildman–Crippen LogP) is 3.35. The number of rotatable bonds is 4. The Morgan fingerprint density at radius 3 is 2.83 bits per heavy atom. The second-order valence-electron chi connectivity index (χ2n) is 5.95. The van der Waals surface area contributed by atoms with Crippen molar-refractivity contribution in [3.05, 3.63) is 16.1 Å². The molecular formula is C15H23F3N4S2.